The number of aliphatic hydroxyl groups excluding tert-OH is 6. The fourth-order valence-electron chi connectivity index (χ4n) is 3.31. The molecule has 0 aromatic heterocycles. The summed E-state index contributed by atoms with van der Waals surface area (Å²) in [6, 6.07) is -2.21. The first kappa shape index (κ1) is 24.2. The van der Waals surface area contributed by atoms with Crippen molar-refractivity contribution in [2.45, 2.75) is 73.4 Å². The third-order valence-corrected chi connectivity index (χ3v) is 6.11. The summed E-state index contributed by atoms with van der Waals surface area (Å²) in [7, 11) is 0. The van der Waals surface area contributed by atoms with Crippen molar-refractivity contribution in [3.8, 4) is 0 Å². The lowest BCUT2D eigenvalue weighted by molar-refractivity contribution is -0.181. The molecule has 2 aliphatic rings. The molecule has 12 nitrogen and oxygen atoms in total. The second-order valence-corrected chi connectivity index (χ2v) is 8.20. The molecule has 29 heavy (non-hydrogen) atoms. The van der Waals surface area contributed by atoms with Gasteiger partial charge in [0, 0.05) is 13.8 Å². The van der Waals surface area contributed by atoms with Crippen molar-refractivity contribution in [2.75, 3.05) is 13.2 Å². The molecule has 0 aromatic carbocycles. The number of carbonyl (C=O) groups excluding carboxylic acids is 2. The molecule has 2 amide bonds. The minimum Gasteiger partial charge on any atom is -0.394 e. The SMILES string of the molecule is CC(=O)NC1C(SC2OC(CO)C(O)C(O)C2NC(C)=O)OC(CO)C(O)C1O. The Balaban J connectivity index is 2.28. The zero-order valence-corrected chi connectivity index (χ0v) is 16.7. The quantitative estimate of drug-likeness (QED) is 0.198. The van der Waals surface area contributed by atoms with Gasteiger partial charge in [0.25, 0.3) is 0 Å². The molecule has 0 aromatic rings. The van der Waals surface area contributed by atoms with E-state index in [1.54, 1.807) is 0 Å². The highest BCUT2D eigenvalue weighted by molar-refractivity contribution is 8.00. The summed E-state index contributed by atoms with van der Waals surface area (Å²) in [6.07, 6.45) is -8.20. The van der Waals surface area contributed by atoms with Crippen LogP contribution in [0.3, 0.4) is 0 Å². The molecule has 0 aliphatic carbocycles. The van der Waals surface area contributed by atoms with Crippen molar-refractivity contribution in [2.24, 2.45) is 0 Å². The lowest BCUT2D eigenvalue weighted by atomic mass is 9.98. The van der Waals surface area contributed by atoms with Gasteiger partial charge in [0.15, 0.2) is 0 Å². The lowest BCUT2D eigenvalue weighted by Gasteiger charge is -2.46. The van der Waals surface area contributed by atoms with Crippen LogP contribution in [0.15, 0.2) is 0 Å². The molecule has 0 saturated carbocycles. The zero-order chi connectivity index (χ0) is 21.9. The van der Waals surface area contributed by atoms with E-state index in [4.69, 9.17) is 9.47 Å². The summed E-state index contributed by atoms with van der Waals surface area (Å²) < 4.78 is 11.2. The minimum atomic E-state index is -1.48. The van der Waals surface area contributed by atoms with Crippen LogP contribution in [0.4, 0.5) is 0 Å². The maximum Gasteiger partial charge on any atom is 0.217 e. The van der Waals surface area contributed by atoms with E-state index in [9.17, 15) is 40.2 Å². The van der Waals surface area contributed by atoms with E-state index >= 15 is 0 Å². The molecule has 13 heteroatoms. The second-order valence-electron chi connectivity index (χ2n) is 7.00. The van der Waals surface area contributed by atoms with Gasteiger partial charge in [-0.05, 0) is 0 Å². The van der Waals surface area contributed by atoms with Crippen LogP contribution in [0.2, 0.25) is 0 Å². The van der Waals surface area contributed by atoms with Crippen molar-refractivity contribution < 1.29 is 49.7 Å². The molecular formula is C16H28N2O10S. The second kappa shape index (κ2) is 10.3. The number of carbonyl (C=O) groups is 2. The molecule has 2 heterocycles. The third kappa shape index (κ3) is 5.57. The number of thioether (sulfide) groups is 1. The summed E-state index contributed by atoms with van der Waals surface area (Å²) >= 11 is 0.853. The highest BCUT2D eigenvalue weighted by atomic mass is 32.2. The van der Waals surface area contributed by atoms with Crippen LogP contribution in [0.1, 0.15) is 13.8 Å². The van der Waals surface area contributed by atoms with E-state index in [0.717, 1.165) is 11.8 Å². The van der Waals surface area contributed by atoms with Crippen LogP contribution in [-0.2, 0) is 19.1 Å². The minimum absolute atomic E-state index is 0.510. The Bertz CT molecular complexity index is 536. The van der Waals surface area contributed by atoms with E-state index in [-0.39, 0.29) is 0 Å². The van der Waals surface area contributed by atoms with Gasteiger partial charge in [0.2, 0.25) is 11.8 Å². The van der Waals surface area contributed by atoms with Gasteiger partial charge < -0.3 is 50.7 Å². The molecule has 168 valence electrons. The van der Waals surface area contributed by atoms with Crippen molar-refractivity contribution in [3.05, 3.63) is 0 Å². The molecule has 10 atom stereocenters. The van der Waals surface area contributed by atoms with Crippen LogP contribution < -0.4 is 10.6 Å². The molecule has 0 radical (unpaired) electrons. The first-order valence-corrected chi connectivity index (χ1v) is 9.99. The summed E-state index contributed by atoms with van der Waals surface area (Å²) in [5, 5.41) is 64.7. The molecule has 2 rings (SSSR count). The number of aliphatic hydroxyl groups is 6. The summed E-state index contributed by atoms with van der Waals surface area (Å²) in [6.45, 7) is 1.20. The van der Waals surface area contributed by atoms with E-state index < -0.39 is 84.6 Å². The zero-order valence-electron chi connectivity index (χ0n) is 15.9. The summed E-state index contributed by atoms with van der Waals surface area (Å²) in [5.74, 6) is -1.02. The number of amides is 2. The van der Waals surface area contributed by atoms with Gasteiger partial charge in [-0.25, -0.2) is 0 Å². The standard InChI is InChI=1S/C16H28N2O10S/c1-5(21)17-9-13(25)11(23)7(3-19)27-15(9)29-16-10(18-6(2)22)14(26)12(24)8(4-20)28-16/h7-16,19-20,23-26H,3-4H2,1-2H3,(H,17,21)(H,18,22). The maximum absolute atomic E-state index is 11.5. The predicted molar refractivity (Wildman–Crippen MR) is 98.3 cm³/mol. The molecule has 8 N–H and O–H groups in total. The molecule has 0 bridgehead atoms. The Hall–Kier alpha value is -1.03. The monoisotopic (exact) mass is 440 g/mol. The van der Waals surface area contributed by atoms with Crippen LogP contribution in [0.25, 0.3) is 0 Å². The van der Waals surface area contributed by atoms with Crippen molar-refractivity contribution in [3.63, 3.8) is 0 Å². The number of nitrogens with one attached hydrogen (secondary N) is 2. The largest absolute Gasteiger partial charge is 0.394 e. The average molecular weight is 440 g/mol. The van der Waals surface area contributed by atoms with Gasteiger partial charge in [-0.3, -0.25) is 9.59 Å². The molecular weight excluding hydrogens is 412 g/mol. The third-order valence-electron chi connectivity index (χ3n) is 4.77. The first-order valence-electron chi connectivity index (χ1n) is 9.05. The van der Waals surface area contributed by atoms with E-state index in [2.05, 4.69) is 10.6 Å². The molecule has 2 saturated heterocycles. The Kier molecular flexibility index (Phi) is 8.63. The van der Waals surface area contributed by atoms with Gasteiger partial charge in [0.05, 0.1) is 25.3 Å². The Morgan fingerprint density at radius 2 is 1.10 bits per heavy atom. The highest BCUT2D eigenvalue weighted by Crippen LogP contribution is 2.36. The first-order chi connectivity index (χ1) is 13.6. The number of hydrogen-bond acceptors (Lipinski definition) is 11. The van der Waals surface area contributed by atoms with Gasteiger partial charge >= 0.3 is 0 Å². The molecule has 0 spiro atoms. The summed E-state index contributed by atoms with van der Waals surface area (Å²) in [5.41, 5.74) is -2.12. The topological polar surface area (TPSA) is 198 Å². The van der Waals surface area contributed by atoms with Crippen molar-refractivity contribution in [1.82, 2.24) is 10.6 Å². The van der Waals surface area contributed by atoms with E-state index in [0.29, 0.717) is 0 Å². The fraction of sp³-hybridized carbons (Fsp3) is 0.875. The normalized spacial score (nSPS) is 42.9. The van der Waals surface area contributed by atoms with Gasteiger partial charge in [-0.2, -0.15) is 0 Å². The molecule has 10 unspecified atom stereocenters. The van der Waals surface area contributed by atoms with E-state index in [1.807, 2.05) is 0 Å². The van der Waals surface area contributed by atoms with Crippen LogP contribution in [0, 0.1) is 0 Å². The van der Waals surface area contributed by atoms with Crippen LogP contribution in [-0.4, -0.2) is 115 Å². The van der Waals surface area contributed by atoms with Gasteiger partial charge in [-0.15, -0.1) is 0 Å². The van der Waals surface area contributed by atoms with Crippen LogP contribution in [0.5, 0.6) is 0 Å². The Morgan fingerprint density at radius 1 is 0.759 bits per heavy atom. The lowest BCUT2D eigenvalue weighted by Crippen LogP contribution is -2.66. The average Bonchev–Trinajstić information content (AvgIpc) is 2.66. The molecule has 2 fully saturated rings. The summed E-state index contributed by atoms with van der Waals surface area (Å²) in [4.78, 5) is 23.1. The Labute approximate surface area is 171 Å². The highest BCUT2D eigenvalue weighted by Gasteiger charge is 2.50. The fourth-order valence-corrected chi connectivity index (χ4v) is 4.78. The maximum atomic E-state index is 11.5. The van der Waals surface area contributed by atoms with Crippen molar-refractivity contribution in [1.29, 1.82) is 0 Å². The Morgan fingerprint density at radius 3 is 1.38 bits per heavy atom. The van der Waals surface area contributed by atoms with Gasteiger partial charge in [-0.1, -0.05) is 11.8 Å². The number of rotatable bonds is 6. The van der Waals surface area contributed by atoms with E-state index in [1.165, 1.54) is 13.8 Å². The smallest absolute Gasteiger partial charge is 0.217 e. The number of ether oxygens (including phenoxy) is 2. The van der Waals surface area contributed by atoms with Crippen molar-refractivity contribution >= 4 is 23.6 Å². The van der Waals surface area contributed by atoms with Gasteiger partial charge in [0.1, 0.15) is 47.5 Å². The van der Waals surface area contributed by atoms with Crippen LogP contribution >= 0.6 is 11.8 Å². The number of hydrogen-bond donors (Lipinski definition) is 8. The predicted octanol–water partition coefficient (Wildman–Crippen LogP) is -4.39. The molecule has 2 aliphatic heterocycles.